The van der Waals surface area contributed by atoms with Crippen molar-refractivity contribution < 1.29 is 5.11 Å². The Kier molecular flexibility index (Phi) is 4.16. The first-order chi connectivity index (χ1) is 6.13. The van der Waals surface area contributed by atoms with Gasteiger partial charge in [0, 0.05) is 32.2 Å². The fourth-order valence-corrected chi connectivity index (χ4v) is 1.85. The Balaban J connectivity index is 2.33. The Hall–Kier alpha value is -0.120. The van der Waals surface area contributed by atoms with Gasteiger partial charge in [-0.15, -0.1) is 0 Å². The monoisotopic (exact) mass is 186 g/mol. The minimum atomic E-state index is -0.147. The van der Waals surface area contributed by atoms with Gasteiger partial charge in [0.1, 0.15) is 0 Å². The number of hydrogen-bond donors (Lipinski definition) is 1. The van der Waals surface area contributed by atoms with E-state index in [4.69, 9.17) is 0 Å². The largest absolute Gasteiger partial charge is 0.392 e. The van der Waals surface area contributed by atoms with E-state index in [0.29, 0.717) is 6.04 Å². The molecule has 3 nitrogen and oxygen atoms in total. The Bertz CT molecular complexity index is 152. The molecule has 0 aromatic rings. The minimum Gasteiger partial charge on any atom is -0.392 e. The second-order valence-electron chi connectivity index (χ2n) is 4.17. The van der Waals surface area contributed by atoms with Crippen LogP contribution in [0.25, 0.3) is 0 Å². The third-order valence-electron chi connectivity index (χ3n) is 2.88. The molecule has 0 saturated carbocycles. The van der Waals surface area contributed by atoms with Crippen LogP contribution < -0.4 is 0 Å². The summed E-state index contributed by atoms with van der Waals surface area (Å²) in [5.74, 6) is 0. The molecule has 0 aromatic heterocycles. The number of hydrogen-bond acceptors (Lipinski definition) is 3. The molecule has 0 aliphatic carbocycles. The van der Waals surface area contributed by atoms with Crippen molar-refractivity contribution in [2.45, 2.75) is 32.4 Å². The SMILES string of the molecule is CCC(O)CN1CCN(C)C[C@H]1C. The van der Waals surface area contributed by atoms with Crippen LogP contribution in [0.4, 0.5) is 0 Å². The first kappa shape index (κ1) is 11.0. The number of nitrogens with zero attached hydrogens (tertiary/aromatic N) is 2. The summed E-state index contributed by atoms with van der Waals surface area (Å²) in [4.78, 5) is 4.73. The van der Waals surface area contributed by atoms with E-state index in [1.807, 2.05) is 6.92 Å². The van der Waals surface area contributed by atoms with Gasteiger partial charge in [0.05, 0.1) is 6.10 Å². The predicted molar refractivity (Wildman–Crippen MR) is 54.8 cm³/mol. The number of likely N-dealkylation sites (N-methyl/N-ethyl adjacent to an activating group) is 1. The lowest BCUT2D eigenvalue weighted by atomic mass is 10.1. The normalized spacial score (nSPS) is 29.1. The summed E-state index contributed by atoms with van der Waals surface area (Å²) >= 11 is 0. The molecule has 1 unspecified atom stereocenters. The first-order valence-corrected chi connectivity index (χ1v) is 5.24. The fourth-order valence-electron chi connectivity index (χ4n) is 1.85. The van der Waals surface area contributed by atoms with E-state index in [-0.39, 0.29) is 6.10 Å². The van der Waals surface area contributed by atoms with Gasteiger partial charge in [-0.25, -0.2) is 0 Å². The van der Waals surface area contributed by atoms with Crippen LogP contribution in [-0.2, 0) is 0 Å². The molecule has 1 fully saturated rings. The molecule has 0 radical (unpaired) electrons. The van der Waals surface area contributed by atoms with Crippen molar-refractivity contribution in [1.82, 2.24) is 9.80 Å². The highest BCUT2D eigenvalue weighted by atomic mass is 16.3. The highest BCUT2D eigenvalue weighted by Gasteiger charge is 2.22. The average molecular weight is 186 g/mol. The summed E-state index contributed by atoms with van der Waals surface area (Å²) in [6.07, 6.45) is 0.713. The lowest BCUT2D eigenvalue weighted by Crippen LogP contribution is -2.52. The molecule has 2 atom stereocenters. The van der Waals surface area contributed by atoms with Crippen molar-refractivity contribution in [1.29, 1.82) is 0 Å². The summed E-state index contributed by atoms with van der Waals surface area (Å²) in [6, 6.07) is 0.583. The van der Waals surface area contributed by atoms with E-state index in [1.165, 1.54) is 0 Å². The van der Waals surface area contributed by atoms with E-state index < -0.39 is 0 Å². The molecule has 13 heavy (non-hydrogen) atoms. The Morgan fingerprint density at radius 1 is 1.46 bits per heavy atom. The molecule has 0 bridgehead atoms. The van der Waals surface area contributed by atoms with Crippen LogP contribution in [0.2, 0.25) is 0 Å². The third kappa shape index (κ3) is 3.25. The number of aliphatic hydroxyl groups is 1. The smallest absolute Gasteiger partial charge is 0.0664 e. The summed E-state index contributed by atoms with van der Waals surface area (Å²) < 4.78 is 0. The number of rotatable bonds is 3. The number of β-amino-alcohol motifs (C(OH)–C–C–N with tert-alkyl or cyclic N) is 1. The van der Waals surface area contributed by atoms with E-state index in [1.54, 1.807) is 0 Å². The molecular weight excluding hydrogens is 164 g/mol. The number of aliphatic hydroxyl groups excluding tert-OH is 1. The van der Waals surface area contributed by atoms with Crippen LogP contribution in [0.5, 0.6) is 0 Å². The van der Waals surface area contributed by atoms with Gasteiger partial charge in [-0.05, 0) is 20.4 Å². The van der Waals surface area contributed by atoms with Gasteiger partial charge in [-0.1, -0.05) is 6.92 Å². The van der Waals surface area contributed by atoms with Gasteiger partial charge in [0.25, 0.3) is 0 Å². The second kappa shape index (κ2) is 4.94. The summed E-state index contributed by atoms with van der Waals surface area (Å²) in [5, 5.41) is 9.54. The van der Waals surface area contributed by atoms with Crippen molar-refractivity contribution in [3.8, 4) is 0 Å². The van der Waals surface area contributed by atoms with Gasteiger partial charge >= 0.3 is 0 Å². The lowest BCUT2D eigenvalue weighted by molar-refractivity contribution is 0.0465. The van der Waals surface area contributed by atoms with Crippen LogP contribution in [0, 0.1) is 0 Å². The average Bonchev–Trinajstić information content (AvgIpc) is 2.09. The van der Waals surface area contributed by atoms with Crippen LogP contribution >= 0.6 is 0 Å². The van der Waals surface area contributed by atoms with Gasteiger partial charge < -0.3 is 10.0 Å². The van der Waals surface area contributed by atoms with Gasteiger partial charge in [0.2, 0.25) is 0 Å². The highest BCUT2D eigenvalue weighted by molar-refractivity contribution is 4.78. The quantitative estimate of drug-likeness (QED) is 0.691. The molecule has 0 aromatic carbocycles. The van der Waals surface area contributed by atoms with Crippen LogP contribution in [0.3, 0.4) is 0 Å². The zero-order valence-electron chi connectivity index (χ0n) is 9.03. The van der Waals surface area contributed by atoms with Crippen LogP contribution in [-0.4, -0.2) is 60.3 Å². The summed E-state index contributed by atoms with van der Waals surface area (Å²) in [7, 11) is 2.16. The van der Waals surface area contributed by atoms with E-state index >= 15 is 0 Å². The third-order valence-corrected chi connectivity index (χ3v) is 2.88. The maximum Gasteiger partial charge on any atom is 0.0664 e. The lowest BCUT2D eigenvalue weighted by Gasteiger charge is -2.39. The topological polar surface area (TPSA) is 26.7 Å². The maximum absolute atomic E-state index is 9.54. The molecule has 0 amide bonds. The molecule has 1 heterocycles. The molecule has 78 valence electrons. The standard InChI is InChI=1S/C10H22N2O/c1-4-10(13)8-12-6-5-11(3)7-9(12)2/h9-10,13H,4-8H2,1-3H3/t9-,10?/m1/s1. The van der Waals surface area contributed by atoms with Gasteiger partial charge in [0.15, 0.2) is 0 Å². The molecular formula is C10H22N2O. The zero-order valence-corrected chi connectivity index (χ0v) is 9.03. The van der Waals surface area contributed by atoms with Crippen molar-refractivity contribution in [3.63, 3.8) is 0 Å². The molecule has 1 aliphatic rings. The minimum absolute atomic E-state index is 0.147. The molecule has 3 heteroatoms. The predicted octanol–water partition coefficient (Wildman–Crippen LogP) is 0.393. The van der Waals surface area contributed by atoms with E-state index in [0.717, 1.165) is 32.6 Å². The van der Waals surface area contributed by atoms with E-state index in [2.05, 4.69) is 23.8 Å². The van der Waals surface area contributed by atoms with Crippen molar-refractivity contribution in [2.75, 3.05) is 33.2 Å². The molecule has 1 rings (SSSR count). The van der Waals surface area contributed by atoms with Crippen LogP contribution in [0.1, 0.15) is 20.3 Å². The summed E-state index contributed by atoms with van der Waals surface area (Å²) in [6.45, 7) is 8.45. The zero-order chi connectivity index (χ0) is 9.84. The number of piperazine rings is 1. The molecule has 0 spiro atoms. The maximum atomic E-state index is 9.54. The van der Waals surface area contributed by atoms with Crippen molar-refractivity contribution in [2.24, 2.45) is 0 Å². The van der Waals surface area contributed by atoms with Gasteiger partial charge in [-0.2, -0.15) is 0 Å². The Morgan fingerprint density at radius 2 is 2.15 bits per heavy atom. The molecule has 1 saturated heterocycles. The van der Waals surface area contributed by atoms with Crippen molar-refractivity contribution >= 4 is 0 Å². The van der Waals surface area contributed by atoms with Gasteiger partial charge in [-0.3, -0.25) is 4.90 Å². The summed E-state index contributed by atoms with van der Waals surface area (Å²) in [5.41, 5.74) is 0. The van der Waals surface area contributed by atoms with Crippen molar-refractivity contribution in [3.05, 3.63) is 0 Å². The Labute approximate surface area is 81.3 Å². The first-order valence-electron chi connectivity index (χ1n) is 5.24. The van der Waals surface area contributed by atoms with Crippen LogP contribution in [0.15, 0.2) is 0 Å². The highest BCUT2D eigenvalue weighted by Crippen LogP contribution is 2.08. The second-order valence-corrected chi connectivity index (χ2v) is 4.17. The fraction of sp³-hybridized carbons (Fsp3) is 1.00. The van der Waals surface area contributed by atoms with E-state index in [9.17, 15) is 5.11 Å². The molecule has 1 N–H and O–H groups in total. The molecule has 1 aliphatic heterocycles. The Morgan fingerprint density at radius 3 is 2.69 bits per heavy atom.